The lowest BCUT2D eigenvalue weighted by atomic mass is 9.66. The van der Waals surface area contributed by atoms with Crippen LogP contribution in [0.15, 0.2) is 84.9 Å². The Hall–Kier alpha value is -4.04. The van der Waals surface area contributed by atoms with Gasteiger partial charge in [-0.2, -0.15) is 0 Å². The van der Waals surface area contributed by atoms with Gasteiger partial charge < -0.3 is 29.5 Å². The second-order valence-electron chi connectivity index (χ2n) is 12.9. The number of ether oxygens (including phenoxy) is 2. The predicted molar refractivity (Wildman–Crippen MR) is 176 cm³/mol. The smallest absolute Gasteiger partial charge is 0.410 e. The molecule has 2 saturated heterocycles. The average molecular weight is 611 g/mol. The Labute approximate surface area is 267 Å². The molecule has 0 aromatic heterocycles. The van der Waals surface area contributed by atoms with E-state index in [-0.39, 0.29) is 23.5 Å². The summed E-state index contributed by atoms with van der Waals surface area (Å²) >= 11 is 0. The minimum absolute atomic E-state index is 0.0653. The molecule has 2 heterocycles. The third-order valence-corrected chi connectivity index (χ3v) is 10.6. The number of amides is 2. The highest BCUT2D eigenvalue weighted by atomic mass is 16.6. The summed E-state index contributed by atoms with van der Waals surface area (Å²) in [7, 11) is 3.57. The van der Waals surface area contributed by atoms with Crippen molar-refractivity contribution in [2.75, 3.05) is 45.4 Å². The van der Waals surface area contributed by atoms with Gasteiger partial charge >= 0.3 is 6.09 Å². The van der Waals surface area contributed by atoms with E-state index in [9.17, 15) is 9.59 Å². The number of rotatable bonds is 9. The largest absolute Gasteiger partial charge is 0.495 e. The summed E-state index contributed by atoms with van der Waals surface area (Å²) < 4.78 is 11.3. The second-order valence-corrected chi connectivity index (χ2v) is 12.9. The summed E-state index contributed by atoms with van der Waals surface area (Å²) in [5, 5.41) is 3.12. The highest BCUT2D eigenvalue weighted by Gasteiger charge is 2.51. The summed E-state index contributed by atoms with van der Waals surface area (Å²) in [6, 6.07) is 28.9. The van der Waals surface area contributed by atoms with E-state index in [4.69, 9.17) is 9.47 Å². The number of nitrogens with one attached hydrogen (secondary N) is 1. The number of hydrogen-bond donors (Lipinski definition) is 1. The van der Waals surface area contributed by atoms with E-state index in [0.29, 0.717) is 13.3 Å². The quantitative estimate of drug-likeness (QED) is 0.322. The third kappa shape index (κ3) is 6.39. The highest BCUT2D eigenvalue weighted by molar-refractivity contribution is 5.94. The molecule has 3 aliphatic rings. The van der Waals surface area contributed by atoms with Gasteiger partial charge in [0, 0.05) is 26.2 Å². The van der Waals surface area contributed by atoms with Crippen LogP contribution in [0.5, 0.6) is 5.75 Å². The van der Waals surface area contributed by atoms with Crippen molar-refractivity contribution in [3.63, 3.8) is 0 Å². The Morgan fingerprint density at radius 1 is 0.911 bits per heavy atom. The normalized spacial score (nSPS) is 23.0. The van der Waals surface area contributed by atoms with Gasteiger partial charge in [-0.25, -0.2) is 4.79 Å². The second kappa shape index (κ2) is 13.5. The summed E-state index contributed by atoms with van der Waals surface area (Å²) in [5.41, 5.74) is 2.88. The van der Waals surface area contributed by atoms with Gasteiger partial charge in [0.1, 0.15) is 17.9 Å². The first kappa shape index (κ1) is 31.0. The summed E-state index contributed by atoms with van der Waals surface area (Å²) in [4.78, 5) is 32.8. The van der Waals surface area contributed by atoms with Gasteiger partial charge in [0.2, 0.25) is 5.91 Å². The van der Waals surface area contributed by atoms with Crippen LogP contribution in [0.4, 0.5) is 10.5 Å². The molecular formula is C37H46N4O4. The molecule has 3 aromatic rings. The molecule has 0 unspecified atom stereocenters. The average Bonchev–Trinajstić information content (AvgIpc) is 3.41. The SMILES string of the molecule is COc1ccccc1N1CNC(=O)C12CCN(CCC1(c3ccccc3)CCC(N(C)C(=O)OCc3ccccc3)CC1)CC2. The van der Waals surface area contributed by atoms with Gasteiger partial charge in [-0.1, -0.05) is 72.8 Å². The molecule has 45 heavy (non-hydrogen) atoms. The third-order valence-electron chi connectivity index (χ3n) is 10.6. The minimum atomic E-state index is -0.542. The van der Waals surface area contributed by atoms with Crippen LogP contribution in [-0.2, 0) is 21.6 Å². The summed E-state index contributed by atoms with van der Waals surface area (Å²) in [6.45, 7) is 3.54. The first-order valence-electron chi connectivity index (χ1n) is 16.3. The molecule has 2 aliphatic heterocycles. The van der Waals surface area contributed by atoms with Crippen molar-refractivity contribution in [3.05, 3.63) is 96.1 Å². The number of hydrogen-bond acceptors (Lipinski definition) is 6. The maximum absolute atomic E-state index is 13.3. The van der Waals surface area contributed by atoms with Crippen molar-refractivity contribution in [2.24, 2.45) is 0 Å². The molecule has 1 spiro atoms. The van der Waals surface area contributed by atoms with Crippen LogP contribution in [0, 0.1) is 0 Å². The Morgan fingerprint density at radius 3 is 2.24 bits per heavy atom. The van der Waals surface area contributed by atoms with Crippen molar-refractivity contribution in [1.82, 2.24) is 15.1 Å². The van der Waals surface area contributed by atoms with E-state index in [1.165, 1.54) is 5.56 Å². The zero-order chi connectivity index (χ0) is 31.3. The lowest BCUT2D eigenvalue weighted by Crippen LogP contribution is -2.56. The molecule has 8 nitrogen and oxygen atoms in total. The number of likely N-dealkylation sites (tertiary alicyclic amines) is 1. The van der Waals surface area contributed by atoms with E-state index < -0.39 is 5.54 Å². The van der Waals surface area contributed by atoms with E-state index in [1.54, 1.807) is 7.11 Å². The van der Waals surface area contributed by atoms with Gasteiger partial charge in [0.05, 0.1) is 19.5 Å². The van der Waals surface area contributed by atoms with Gasteiger partial charge in [-0.3, -0.25) is 4.79 Å². The first-order chi connectivity index (χ1) is 21.9. The van der Waals surface area contributed by atoms with Crippen LogP contribution in [0.2, 0.25) is 0 Å². The van der Waals surface area contributed by atoms with Crippen LogP contribution in [0.25, 0.3) is 0 Å². The van der Waals surface area contributed by atoms with E-state index in [1.807, 2.05) is 66.5 Å². The molecule has 1 N–H and O–H groups in total. The van der Waals surface area contributed by atoms with Crippen molar-refractivity contribution >= 4 is 17.7 Å². The van der Waals surface area contributed by atoms with Gasteiger partial charge in [0.25, 0.3) is 0 Å². The Balaban J connectivity index is 1.08. The number of carbonyl (C=O) groups is 2. The monoisotopic (exact) mass is 610 g/mol. The molecule has 2 amide bonds. The molecular weight excluding hydrogens is 564 g/mol. The van der Waals surface area contributed by atoms with Crippen LogP contribution >= 0.6 is 0 Å². The summed E-state index contributed by atoms with van der Waals surface area (Å²) in [5.74, 6) is 0.921. The number of nitrogens with zero attached hydrogens (tertiary/aromatic N) is 3. The number of carbonyl (C=O) groups excluding carboxylic acids is 2. The fraction of sp³-hybridized carbons (Fsp3) is 0.459. The minimum Gasteiger partial charge on any atom is -0.495 e. The van der Waals surface area contributed by atoms with Gasteiger partial charge in [0.15, 0.2) is 0 Å². The predicted octanol–water partition coefficient (Wildman–Crippen LogP) is 5.96. The zero-order valence-corrected chi connectivity index (χ0v) is 26.6. The number of para-hydroxylation sites is 2. The molecule has 0 atom stereocenters. The van der Waals surface area contributed by atoms with E-state index >= 15 is 0 Å². The van der Waals surface area contributed by atoms with Crippen LogP contribution in [0.1, 0.15) is 56.1 Å². The van der Waals surface area contributed by atoms with Crippen molar-refractivity contribution < 1.29 is 19.1 Å². The lowest BCUT2D eigenvalue weighted by molar-refractivity contribution is -0.125. The molecule has 3 aromatic carbocycles. The fourth-order valence-corrected chi connectivity index (χ4v) is 7.76. The van der Waals surface area contributed by atoms with Crippen molar-refractivity contribution in [2.45, 2.75) is 68.5 Å². The Morgan fingerprint density at radius 2 is 1.56 bits per heavy atom. The highest BCUT2D eigenvalue weighted by Crippen LogP contribution is 2.45. The van der Waals surface area contributed by atoms with E-state index in [2.05, 4.69) is 45.4 Å². The van der Waals surface area contributed by atoms with Crippen LogP contribution in [-0.4, -0.2) is 73.8 Å². The van der Waals surface area contributed by atoms with Crippen molar-refractivity contribution in [1.29, 1.82) is 0 Å². The van der Waals surface area contributed by atoms with Crippen LogP contribution < -0.4 is 15.0 Å². The number of anilines is 1. The molecule has 0 radical (unpaired) electrons. The molecule has 1 saturated carbocycles. The van der Waals surface area contributed by atoms with E-state index in [0.717, 1.165) is 81.6 Å². The summed E-state index contributed by atoms with van der Waals surface area (Å²) in [6.07, 6.45) is 6.32. The molecule has 8 heteroatoms. The zero-order valence-electron chi connectivity index (χ0n) is 26.6. The first-order valence-corrected chi connectivity index (χ1v) is 16.3. The molecule has 238 valence electrons. The van der Waals surface area contributed by atoms with Gasteiger partial charge in [-0.05, 0) is 80.2 Å². The topological polar surface area (TPSA) is 74.4 Å². The van der Waals surface area contributed by atoms with Gasteiger partial charge in [-0.15, -0.1) is 0 Å². The Bertz CT molecular complexity index is 1430. The standard InChI is InChI=1S/C37H46N4O4/c1-39(35(43)45-27-29-11-5-3-6-12-29)31-17-19-36(20-18-31,30-13-7-4-8-14-30)21-24-40-25-22-37(23-26-40)34(42)38-28-41(37)32-15-9-10-16-33(32)44-2/h3-16,31H,17-28H2,1-2H3,(H,38,42). The molecule has 3 fully saturated rings. The fourth-order valence-electron chi connectivity index (χ4n) is 7.76. The number of piperidine rings is 1. The number of benzene rings is 3. The molecule has 6 rings (SSSR count). The molecule has 1 aliphatic carbocycles. The maximum Gasteiger partial charge on any atom is 0.410 e. The number of methoxy groups -OCH3 is 1. The maximum atomic E-state index is 13.3. The van der Waals surface area contributed by atoms with Crippen molar-refractivity contribution in [3.8, 4) is 5.75 Å². The lowest BCUT2D eigenvalue weighted by Gasteiger charge is -2.46. The molecule has 0 bridgehead atoms. The van der Waals surface area contributed by atoms with Crippen LogP contribution in [0.3, 0.4) is 0 Å². The Kier molecular flexibility index (Phi) is 9.31.